The number of azide groups is 1. The van der Waals surface area contributed by atoms with E-state index in [1.807, 2.05) is 24.3 Å². The van der Waals surface area contributed by atoms with Crippen molar-refractivity contribution in [3.8, 4) is 11.8 Å². The molecular weight excluding hydrogens is 202 g/mol. The molecule has 0 fully saturated rings. The summed E-state index contributed by atoms with van der Waals surface area (Å²) in [5.74, 6) is 5.48. The van der Waals surface area contributed by atoms with E-state index in [2.05, 4.69) is 31.8 Å². The van der Waals surface area contributed by atoms with Crippen molar-refractivity contribution in [3.63, 3.8) is 0 Å². The average molecular weight is 209 g/mol. The van der Waals surface area contributed by atoms with Crippen LogP contribution in [0.4, 0.5) is 0 Å². The molecule has 5 heteroatoms. The Bertz CT molecular complexity index is 617. The van der Waals surface area contributed by atoms with Crippen LogP contribution in [-0.2, 0) is 0 Å². The van der Waals surface area contributed by atoms with E-state index in [1.165, 1.54) is 0 Å². The van der Waals surface area contributed by atoms with Crippen molar-refractivity contribution >= 4 is 11.0 Å². The second-order valence-corrected chi connectivity index (χ2v) is 2.93. The summed E-state index contributed by atoms with van der Waals surface area (Å²) >= 11 is 0. The molecule has 1 aromatic heterocycles. The van der Waals surface area contributed by atoms with Crippen molar-refractivity contribution in [1.29, 1.82) is 0 Å². The second kappa shape index (κ2) is 4.78. The van der Waals surface area contributed by atoms with Gasteiger partial charge < -0.3 is 0 Å². The minimum atomic E-state index is 0.144. The molecule has 0 aliphatic rings. The molecule has 0 aliphatic heterocycles. The predicted octanol–water partition coefficient (Wildman–Crippen LogP) is 2.29. The zero-order valence-corrected chi connectivity index (χ0v) is 8.33. The first-order valence-electron chi connectivity index (χ1n) is 4.61. The molecule has 76 valence electrons. The number of hydrogen-bond acceptors (Lipinski definition) is 3. The molecule has 5 nitrogen and oxygen atoms in total. The summed E-state index contributed by atoms with van der Waals surface area (Å²) in [6, 6.07) is 7.57. The minimum absolute atomic E-state index is 0.144. The molecule has 0 spiro atoms. The van der Waals surface area contributed by atoms with Gasteiger partial charge in [0.15, 0.2) is 0 Å². The first kappa shape index (κ1) is 9.97. The van der Waals surface area contributed by atoms with Gasteiger partial charge in [0.25, 0.3) is 0 Å². The summed E-state index contributed by atoms with van der Waals surface area (Å²) in [7, 11) is 0. The highest BCUT2D eigenvalue weighted by Crippen LogP contribution is 2.07. The van der Waals surface area contributed by atoms with Crippen LogP contribution in [0, 0.1) is 11.8 Å². The van der Waals surface area contributed by atoms with Crippen LogP contribution in [0.3, 0.4) is 0 Å². The van der Waals surface area contributed by atoms with Crippen LogP contribution >= 0.6 is 0 Å². The molecule has 0 N–H and O–H groups in total. The lowest BCUT2D eigenvalue weighted by Crippen LogP contribution is -1.87. The molecule has 2 aromatic rings. The van der Waals surface area contributed by atoms with Crippen LogP contribution in [0.1, 0.15) is 5.69 Å². The van der Waals surface area contributed by atoms with Gasteiger partial charge in [-0.25, -0.2) is 4.98 Å². The van der Waals surface area contributed by atoms with E-state index in [-0.39, 0.29) is 6.54 Å². The van der Waals surface area contributed by atoms with Gasteiger partial charge in [-0.1, -0.05) is 23.2 Å². The minimum Gasteiger partial charge on any atom is -0.252 e. The number of fused-ring (bicyclic) bond motifs is 1. The highest BCUT2D eigenvalue weighted by molar-refractivity contribution is 5.74. The Hall–Kier alpha value is -2.57. The zero-order valence-electron chi connectivity index (χ0n) is 8.33. The Labute approximate surface area is 91.8 Å². The molecule has 0 bridgehead atoms. The van der Waals surface area contributed by atoms with Crippen LogP contribution in [0.2, 0.25) is 0 Å². The van der Waals surface area contributed by atoms with Crippen molar-refractivity contribution in [2.24, 2.45) is 5.11 Å². The van der Waals surface area contributed by atoms with E-state index >= 15 is 0 Å². The van der Waals surface area contributed by atoms with Crippen molar-refractivity contribution in [3.05, 3.63) is 46.6 Å². The number of hydrogen-bond donors (Lipinski definition) is 0. The first-order valence-corrected chi connectivity index (χ1v) is 4.61. The van der Waals surface area contributed by atoms with Gasteiger partial charge >= 0.3 is 0 Å². The maximum atomic E-state index is 8.07. The average Bonchev–Trinajstić information content (AvgIpc) is 2.34. The third kappa shape index (κ3) is 2.27. The van der Waals surface area contributed by atoms with Gasteiger partial charge in [-0.3, -0.25) is 4.98 Å². The smallest absolute Gasteiger partial charge is 0.132 e. The first-order chi connectivity index (χ1) is 7.90. The van der Waals surface area contributed by atoms with E-state index < -0.39 is 0 Å². The van der Waals surface area contributed by atoms with Crippen LogP contribution in [0.15, 0.2) is 35.6 Å². The van der Waals surface area contributed by atoms with Gasteiger partial charge in [0.1, 0.15) is 5.69 Å². The van der Waals surface area contributed by atoms with Crippen LogP contribution < -0.4 is 0 Å². The summed E-state index contributed by atoms with van der Waals surface area (Å²) in [4.78, 5) is 11.1. The van der Waals surface area contributed by atoms with Crippen molar-refractivity contribution in [2.75, 3.05) is 6.54 Å². The standard InChI is InChI=1S/C11H7N5/c12-16-14-7-3-4-9-8-13-10-5-1-2-6-11(10)15-9/h1-2,5-6,8H,7H2. The quantitative estimate of drug-likeness (QED) is 0.313. The van der Waals surface area contributed by atoms with E-state index in [9.17, 15) is 0 Å². The SMILES string of the molecule is [N-]=[N+]=NCC#Cc1cnc2ccccc2n1. The number of benzene rings is 1. The lowest BCUT2D eigenvalue weighted by atomic mass is 10.3. The Kier molecular flexibility index (Phi) is 2.98. The fourth-order valence-corrected chi connectivity index (χ4v) is 1.21. The lowest BCUT2D eigenvalue weighted by molar-refractivity contribution is 1.23. The maximum absolute atomic E-state index is 8.07. The Morgan fingerprint density at radius 2 is 2.12 bits per heavy atom. The fraction of sp³-hybridized carbons (Fsp3) is 0.0909. The van der Waals surface area contributed by atoms with Gasteiger partial charge in [0, 0.05) is 4.91 Å². The fourth-order valence-electron chi connectivity index (χ4n) is 1.21. The summed E-state index contributed by atoms with van der Waals surface area (Å²) in [6.07, 6.45) is 1.60. The number of aromatic nitrogens is 2. The number of rotatable bonds is 1. The monoisotopic (exact) mass is 209 g/mol. The van der Waals surface area contributed by atoms with Crippen molar-refractivity contribution in [1.82, 2.24) is 9.97 Å². The van der Waals surface area contributed by atoms with Gasteiger partial charge in [-0.15, -0.1) is 0 Å². The molecular formula is C11H7N5. The van der Waals surface area contributed by atoms with Gasteiger partial charge in [-0.2, -0.15) is 0 Å². The summed E-state index contributed by atoms with van der Waals surface area (Å²) in [5.41, 5.74) is 10.3. The highest BCUT2D eigenvalue weighted by Gasteiger charge is 1.95. The summed E-state index contributed by atoms with van der Waals surface area (Å²) in [5, 5.41) is 3.31. The van der Waals surface area contributed by atoms with Crippen molar-refractivity contribution < 1.29 is 0 Å². The molecule has 0 saturated heterocycles. The molecule has 0 atom stereocenters. The molecule has 0 saturated carbocycles. The van der Waals surface area contributed by atoms with Gasteiger partial charge in [0.2, 0.25) is 0 Å². The molecule has 2 rings (SSSR count). The van der Waals surface area contributed by atoms with Gasteiger partial charge in [0.05, 0.1) is 23.8 Å². The molecule has 0 aliphatic carbocycles. The Balaban J connectivity index is 2.31. The van der Waals surface area contributed by atoms with E-state index in [0.29, 0.717) is 5.69 Å². The zero-order chi connectivity index (χ0) is 11.2. The maximum Gasteiger partial charge on any atom is 0.132 e. The third-order valence-electron chi connectivity index (χ3n) is 1.88. The summed E-state index contributed by atoms with van der Waals surface area (Å²) < 4.78 is 0. The number of para-hydroxylation sites is 2. The Morgan fingerprint density at radius 3 is 2.94 bits per heavy atom. The molecule has 0 unspecified atom stereocenters. The second-order valence-electron chi connectivity index (χ2n) is 2.93. The van der Waals surface area contributed by atoms with Crippen LogP contribution in [-0.4, -0.2) is 16.5 Å². The molecule has 1 heterocycles. The van der Waals surface area contributed by atoms with Crippen molar-refractivity contribution in [2.45, 2.75) is 0 Å². The van der Waals surface area contributed by atoms with Crippen LogP contribution in [0.5, 0.6) is 0 Å². The third-order valence-corrected chi connectivity index (χ3v) is 1.88. The highest BCUT2D eigenvalue weighted by atomic mass is 15.1. The number of nitrogens with zero attached hydrogens (tertiary/aromatic N) is 5. The molecule has 0 radical (unpaired) electrons. The lowest BCUT2D eigenvalue weighted by Gasteiger charge is -1.95. The van der Waals surface area contributed by atoms with Crippen LogP contribution in [0.25, 0.3) is 21.5 Å². The topological polar surface area (TPSA) is 74.5 Å². The van der Waals surface area contributed by atoms with E-state index in [0.717, 1.165) is 11.0 Å². The largest absolute Gasteiger partial charge is 0.252 e. The Morgan fingerprint density at radius 1 is 1.31 bits per heavy atom. The van der Waals surface area contributed by atoms with E-state index in [4.69, 9.17) is 5.53 Å². The molecule has 1 aromatic carbocycles. The van der Waals surface area contributed by atoms with E-state index in [1.54, 1.807) is 6.20 Å². The summed E-state index contributed by atoms with van der Waals surface area (Å²) in [6.45, 7) is 0.144. The molecule has 0 amide bonds. The molecule has 16 heavy (non-hydrogen) atoms. The van der Waals surface area contributed by atoms with Gasteiger partial charge in [-0.05, 0) is 23.6 Å². The normalized spacial score (nSPS) is 9.00. The predicted molar refractivity (Wildman–Crippen MR) is 60.4 cm³/mol.